The van der Waals surface area contributed by atoms with Crippen molar-refractivity contribution in [2.75, 3.05) is 29.3 Å². The molecule has 4 bridgehead atoms. The Bertz CT molecular complexity index is 1880. The van der Waals surface area contributed by atoms with Crippen LogP contribution in [0.15, 0.2) is 83.9 Å². The topological polar surface area (TPSA) is 113 Å². The van der Waals surface area contributed by atoms with Crippen LogP contribution in [-0.4, -0.2) is 54.7 Å². The number of pyridine rings is 2. The Morgan fingerprint density at radius 2 is 1.46 bits per heavy atom. The van der Waals surface area contributed by atoms with Crippen LogP contribution in [0.5, 0.6) is 0 Å². The smallest absolute Gasteiger partial charge is 0.357 e. The first kappa shape index (κ1) is 31.2. The molecule has 0 radical (unpaired) electrons. The van der Waals surface area contributed by atoms with Gasteiger partial charge in [-0.2, -0.15) is 21.6 Å². The maximum atomic E-state index is 14.0. The van der Waals surface area contributed by atoms with Crippen molar-refractivity contribution in [3.05, 3.63) is 101 Å². The third kappa shape index (κ3) is 6.32. The number of sulfonamides is 1. The number of benzene rings is 2. The number of aryl methyl sites for hydroxylation is 1. The number of imide groups is 1. The van der Waals surface area contributed by atoms with Crippen molar-refractivity contribution < 1.29 is 31.2 Å². The maximum Gasteiger partial charge on any atom is 0.418 e. The first-order valence-corrected chi connectivity index (χ1v) is 16.4. The zero-order valence-corrected chi connectivity index (χ0v) is 25.4. The summed E-state index contributed by atoms with van der Waals surface area (Å²) in [5.74, 6) is -0.573. The number of carbonyl (C=O) groups excluding carboxylic acids is 2. The van der Waals surface area contributed by atoms with E-state index in [1.165, 1.54) is 11.0 Å². The van der Waals surface area contributed by atoms with Crippen molar-refractivity contribution in [2.45, 2.75) is 43.3 Å². The highest BCUT2D eigenvalue weighted by Crippen LogP contribution is 2.38. The molecule has 1 N–H and O–H groups in total. The van der Waals surface area contributed by atoms with Gasteiger partial charge in [0.25, 0.3) is 21.8 Å². The number of alkyl halides is 3. The first-order valence-electron chi connectivity index (χ1n) is 14.9. The molecule has 0 unspecified atom stereocenters. The molecule has 9 nitrogen and oxygen atoms in total. The monoisotopic (exact) mass is 649 g/mol. The van der Waals surface area contributed by atoms with Gasteiger partial charge in [0.1, 0.15) is 11.6 Å². The van der Waals surface area contributed by atoms with Crippen LogP contribution >= 0.6 is 0 Å². The summed E-state index contributed by atoms with van der Waals surface area (Å²) in [5, 5.41) is -0.328. The quantitative estimate of drug-likeness (QED) is 0.263. The lowest BCUT2D eigenvalue weighted by Gasteiger charge is -2.25. The van der Waals surface area contributed by atoms with E-state index in [1.54, 1.807) is 60.7 Å². The number of anilines is 2. The van der Waals surface area contributed by atoms with E-state index in [2.05, 4.69) is 14.7 Å². The van der Waals surface area contributed by atoms with Crippen molar-refractivity contribution in [1.29, 1.82) is 0 Å². The number of fused-ring (bicyclic) bond motifs is 7. The normalized spacial score (nSPS) is 16.5. The van der Waals surface area contributed by atoms with Crippen LogP contribution in [0.2, 0.25) is 0 Å². The molecule has 2 amide bonds. The minimum Gasteiger partial charge on any atom is -0.357 e. The zero-order chi connectivity index (χ0) is 32.5. The average molecular weight is 650 g/mol. The highest BCUT2D eigenvalue weighted by molar-refractivity contribution is 7.92. The fourth-order valence-corrected chi connectivity index (χ4v) is 6.80. The lowest BCUT2D eigenvalue weighted by atomic mass is 9.96. The van der Waals surface area contributed by atoms with Gasteiger partial charge in [0.2, 0.25) is 0 Å². The maximum absolute atomic E-state index is 14.0. The minimum atomic E-state index is -4.70. The second-order valence-electron chi connectivity index (χ2n) is 11.1. The summed E-state index contributed by atoms with van der Waals surface area (Å²) in [6.45, 7) is 1.08. The van der Waals surface area contributed by atoms with E-state index < -0.39 is 21.8 Å². The molecule has 4 heterocycles. The third-order valence-corrected chi connectivity index (χ3v) is 9.34. The van der Waals surface area contributed by atoms with Gasteiger partial charge in [-0.15, -0.1) is 0 Å². The molecule has 0 saturated heterocycles. The van der Waals surface area contributed by atoms with Gasteiger partial charge in [-0.3, -0.25) is 19.2 Å². The van der Waals surface area contributed by atoms with Gasteiger partial charge in [-0.25, -0.2) is 9.97 Å². The summed E-state index contributed by atoms with van der Waals surface area (Å²) in [6, 6.07) is 19.7. The average Bonchev–Trinajstić information content (AvgIpc) is 3.27. The summed E-state index contributed by atoms with van der Waals surface area (Å²) in [7, 11) is -4.34. The Balaban J connectivity index is 1.29. The highest BCUT2D eigenvalue weighted by Gasteiger charge is 2.36. The number of nitrogens with zero attached hydrogens (tertiary/aromatic N) is 4. The second kappa shape index (κ2) is 12.5. The fourth-order valence-electron chi connectivity index (χ4n) is 5.84. The first-order chi connectivity index (χ1) is 22.0. The summed E-state index contributed by atoms with van der Waals surface area (Å²) < 4.78 is 71.3. The number of amides is 2. The fraction of sp³-hybridized carbons (Fsp3) is 0.273. The van der Waals surface area contributed by atoms with E-state index >= 15 is 0 Å². The second-order valence-corrected chi connectivity index (χ2v) is 12.8. The number of hydrogen-bond acceptors (Lipinski definition) is 7. The van der Waals surface area contributed by atoms with Gasteiger partial charge in [0, 0.05) is 25.2 Å². The van der Waals surface area contributed by atoms with E-state index in [0.29, 0.717) is 61.3 Å². The molecule has 4 aromatic rings. The van der Waals surface area contributed by atoms with Gasteiger partial charge in [-0.05, 0) is 67.6 Å². The van der Waals surface area contributed by atoms with Gasteiger partial charge in [-0.1, -0.05) is 48.9 Å². The number of rotatable bonds is 4. The van der Waals surface area contributed by atoms with Crippen LogP contribution in [-0.2, 0) is 22.6 Å². The van der Waals surface area contributed by atoms with Crippen molar-refractivity contribution in [3.8, 4) is 11.3 Å². The van der Waals surface area contributed by atoms with Gasteiger partial charge in [0.15, 0.2) is 5.03 Å². The molecule has 0 aliphatic carbocycles. The third-order valence-electron chi connectivity index (χ3n) is 8.08. The van der Waals surface area contributed by atoms with Crippen LogP contribution in [0.3, 0.4) is 0 Å². The summed E-state index contributed by atoms with van der Waals surface area (Å²) in [5.41, 5.74) is 0.416. The molecule has 46 heavy (non-hydrogen) atoms. The Morgan fingerprint density at radius 1 is 0.761 bits per heavy atom. The number of carbonyl (C=O) groups is 2. The molecule has 2 aromatic carbocycles. The number of aromatic nitrogens is 2. The summed E-state index contributed by atoms with van der Waals surface area (Å²) in [6.07, 6.45) is -1.66. The van der Waals surface area contributed by atoms with E-state index in [4.69, 9.17) is 0 Å². The standard InChI is InChI=1S/C33H30F3N5O4S/c34-33(35,36)26-17-18-27-37-30(26)23-12-4-3-11-22(23)10-2-1-7-19-40(28-15-8-16-29(38-28)46(44,45)39-27)20-9-21-41-31(42)24-13-5-6-14-25(24)32(41)43/h3-6,8,11-18H,1-2,7,9-10,19-21H2,(H,37,39). The minimum absolute atomic E-state index is 0.182. The van der Waals surface area contributed by atoms with E-state index in [1.807, 2.05) is 4.90 Å². The number of hydrogen-bond donors (Lipinski definition) is 1. The largest absolute Gasteiger partial charge is 0.418 e. The predicted octanol–water partition coefficient (Wildman–Crippen LogP) is 6.18. The van der Waals surface area contributed by atoms with Crippen molar-refractivity contribution >= 4 is 33.5 Å². The molecule has 2 aromatic heterocycles. The molecule has 2 aliphatic rings. The van der Waals surface area contributed by atoms with Crippen LogP contribution in [0.25, 0.3) is 11.3 Å². The Labute approximate surface area is 264 Å². The molecule has 0 spiro atoms. The van der Waals surface area contributed by atoms with E-state index in [0.717, 1.165) is 18.6 Å². The van der Waals surface area contributed by atoms with Crippen LogP contribution in [0.4, 0.5) is 24.8 Å². The molecule has 6 rings (SSSR count). The van der Waals surface area contributed by atoms with Gasteiger partial charge in [0.05, 0.1) is 22.4 Å². The number of nitrogens with one attached hydrogen (secondary N) is 1. The lowest BCUT2D eigenvalue weighted by Crippen LogP contribution is -2.34. The van der Waals surface area contributed by atoms with Crippen molar-refractivity contribution in [2.24, 2.45) is 0 Å². The summed E-state index contributed by atoms with van der Waals surface area (Å²) >= 11 is 0. The van der Waals surface area contributed by atoms with Gasteiger partial charge < -0.3 is 4.90 Å². The molecule has 0 atom stereocenters. The number of halogens is 3. The van der Waals surface area contributed by atoms with Crippen molar-refractivity contribution in [3.63, 3.8) is 0 Å². The van der Waals surface area contributed by atoms with Crippen molar-refractivity contribution in [1.82, 2.24) is 14.9 Å². The van der Waals surface area contributed by atoms with E-state index in [-0.39, 0.29) is 40.5 Å². The van der Waals surface area contributed by atoms with Crippen LogP contribution in [0, 0.1) is 0 Å². The molecular formula is C33H30F3N5O4S. The zero-order valence-electron chi connectivity index (χ0n) is 24.6. The Hall–Kier alpha value is -4.78. The molecule has 0 saturated carbocycles. The van der Waals surface area contributed by atoms with Crippen LogP contribution in [0.1, 0.15) is 57.5 Å². The Kier molecular flexibility index (Phi) is 8.51. The SMILES string of the molecule is O=C1c2ccccc2C(=O)N1CCCN1CCCCCc2ccccc2-c2nc(ccc2C(F)(F)F)NS(=O)(=O)c2cccc1n2. The molecule has 13 heteroatoms. The highest BCUT2D eigenvalue weighted by atomic mass is 32.2. The molecular weight excluding hydrogens is 619 g/mol. The molecule has 2 aliphatic heterocycles. The summed E-state index contributed by atoms with van der Waals surface area (Å²) in [4.78, 5) is 37.4. The van der Waals surface area contributed by atoms with Crippen LogP contribution < -0.4 is 9.62 Å². The lowest BCUT2D eigenvalue weighted by molar-refractivity contribution is -0.137. The van der Waals surface area contributed by atoms with Gasteiger partial charge >= 0.3 is 6.18 Å². The predicted molar refractivity (Wildman–Crippen MR) is 166 cm³/mol. The molecule has 238 valence electrons. The molecule has 0 fully saturated rings. The Morgan fingerprint density at radius 3 is 2.17 bits per heavy atom. The van der Waals surface area contributed by atoms with E-state index in [9.17, 15) is 31.2 Å².